The number of hydrogen-bond acceptors (Lipinski definition) is 4. The van der Waals surface area contributed by atoms with E-state index in [0.717, 1.165) is 0 Å². The van der Waals surface area contributed by atoms with Crippen LogP contribution in [-0.2, 0) is 9.59 Å². The van der Waals surface area contributed by atoms with Gasteiger partial charge in [0.15, 0.2) is 11.5 Å². The van der Waals surface area contributed by atoms with Crippen LogP contribution in [0.25, 0.3) is 0 Å². The summed E-state index contributed by atoms with van der Waals surface area (Å²) in [6, 6.07) is 5.27. The minimum Gasteiger partial charge on any atom is -0.454 e. The van der Waals surface area contributed by atoms with E-state index >= 15 is 0 Å². The van der Waals surface area contributed by atoms with Crippen molar-refractivity contribution in [3.05, 3.63) is 18.2 Å². The average molecular weight is 262 g/mol. The number of fused-ring (bicyclic) bond motifs is 1. The summed E-state index contributed by atoms with van der Waals surface area (Å²) in [6.45, 7) is 2.70. The van der Waals surface area contributed by atoms with Crippen molar-refractivity contribution in [3.63, 3.8) is 0 Å². The van der Waals surface area contributed by atoms with E-state index in [-0.39, 0.29) is 24.5 Å². The van der Waals surface area contributed by atoms with Crippen molar-refractivity contribution in [3.8, 4) is 11.5 Å². The second-order valence-corrected chi connectivity index (χ2v) is 4.68. The van der Waals surface area contributed by atoms with Gasteiger partial charge < -0.3 is 19.7 Å². The lowest BCUT2D eigenvalue weighted by Crippen LogP contribution is -2.53. The van der Waals surface area contributed by atoms with Gasteiger partial charge >= 0.3 is 0 Å². The number of ether oxygens (including phenoxy) is 2. The molecule has 3 rings (SSSR count). The number of rotatable bonds is 2. The molecule has 100 valence electrons. The number of nitrogens with one attached hydrogen (secondary N) is 1. The van der Waals surface area contributed by atoms with Gasteiger partial charge in [0, 0.05) is 31.8 Å². The van der Waals surface area contributed by atoms with Gasteiger partial charge in [-0.05, 0) is 12.1 Å². The van der Waals surface area contributed by atoms with Gasteiger partial charge in [-0.25, -0.2) is 0 Å². The molecule has 0 bridgehead atoms. The molecule has 6 heteroatoms. The van der Waals surface area contributed by atoms with Crippen molar-refractivity contribution < 1.29 is 19.1 Å². The van der Waals surface area contributed by atoms with Gasteiger partial charge in [-0.2, -0.15) is 0 Å². The van der Waals surface area contributed by atoms with Gasteiger partial charge in [0.1, 0.15) is 0 Å². The Labute approximate surface area is 110 Å². The summed E-state index contributed by atoms with van der Waals surface area (Å²) in [4.78, 5) is 24.6. The predicted molar refractivity (Wildman–Crippen MR) is 66.9 cm³/mol. The molecule has 0 radical (unpaired) electrons. The van der Waals surface area contributed by atoms with Crippen LogP contribution in [0.3, 0.4) is 0 Å². The number of carbonyl (C=O) groups excluding carboxylic acids is 2. The van der Waals surface area contributed by atoms with Gasteiger partial charge in [-0.15, -0.1) is 0 Å². The van der Waals surface area contributed by atoms with E-state index in [2.05, 4.69) is 5.32 Å². The van der Waals surface area contributed by atoms with Crippen LogP contribution in [0.5, 0.6) is 11.5 Å². The lowest BCUT2D eigenvalue weighted by molar-refractivity contribution is -0.139. The first kappa shape index (κ1) is 11.8. The highest BCUT2D eigenvalue weighted by molar-refractivity contribution is 5.94. The molecule has 1 saturated heterocycles. The van der Waals surface area contributed by atoms with E-state index in [1.807, 2.05) is 0 Å². The van der Waals surface area contributed by atoms with Crippen LogP contribution < -0.4 is 14.8 Å². The fraction of sp³-hybridized carbons (Fsp3) is 0.385. The molecule has 1 aromatic rings. The maximum atomic E-state index is 11.9. The molecule has 0 aromatic heterocycles. The first-order chi connectivity index (χ1) is 9.13. The molecule has 0 spiro atoms. The summed E-state index contributed by atoms with van der Waals surface area (Å²) in [5.74, 6) is 1.12. The Bertz CT molecular complexity index is 537. The van der Waals surface area contributed by atoms with Crippen LogP contribution in [0.15, 0.2) is 18.2 Å². The molecule has 1 aromatic carbocycles. The highest BCUT2D eigenvalue weighted by atomic mass is 16.7. The van der Waals surface area contributed by atoms with E-state index in [4.69, 9.17) is 9.47 Å². The first-order valence-electron chi connectivity index (χ1n) is 6.09. The van der Waals surface area contributed by atoms with Crippen molar-refractivity contribution in [1.82, 2.24) is 4.90 Å². The van der Waals surface area contributed by atoms with Crippen LogP contribution in [0, 0.1) is 5.92 Å². The van der Waals surface area contributed by atoms with Crippen molar-refractivity contribution >= 4 is 17.5 Å². The largest absolute Gasteiger partial charge is 0.454 e. The number of nitrogens with zero attached hydrogens (tertiary/aromatic N) is 1. The van der Waals surface area contributed by atoms with E-state index < -0.39 is 0 Å². The molecule has 2 aliphatic heterocycles. The molecule has 2 aliphatic rings. The van der Waals surface area contributed by atoms with E-state index in [1.54, 1.807) is 23.1 Å². The summed E-state index contributed by atoms with van der Waals surface area (Å²) >= 11 is 0. The van der Waals surface area contributed by atoms with E-state index in [9.17, 15) is 9.59 Å². The minimum atomic E-state index is -0.130. The molecule has 0 aliphatic carbocycles. The van der Waals surface area contributed by atoms with Gasteiger partial charge in [0.25, 0.3) is 0 Å². The smallest absolute Gasteiger partial charge is 0.231 e. The number of carbonyl (C=O) groups is 2. The molecular weight excluding hydrogens is 248 g/mol. The van der Waals surface area contributed by atoms with Crippen LogP contribution in [0.4, 0.5) is 5.69 Å². The molecular formula is C13H14N2O4. The van der Waals surface area contributed by atoms with Crippen LogP contribution in [0.2, 0.25) is 0 Å². The fourth-order valence-electron chi connectivity index (χ4n) is 2.12. The van der Waals surface area contributed by atoms with Crippen LogP contribution in [-0.4, -0.2) is 36.6 Å². The summed E-state index contributed by atoms with van der Waals surface area (Å²) in [5.41, 5.74) is 0.676. The highest BCUT2D eigenvalue weighted by Crippen LogP contribution is 2.34. The number of benzene rings is 1. The first-order valence-corrected chi connectivity index (χ1v) is 6.09. The van der Waals surface area contributed by atoms with E-state index in [1.165, 1.54) is 6.92 Å². The molecule has 1 N–H and O–H groups in total. The Kier molecular flexibility index (Phi) is 2.77. The number of amides is 2. The van der Waals surface area contributed by atoms with Crippen molar-refractivity contribution in [1.29, 1.82) is 0 Å². The molecule has 2 heterocycles. The number of hydrogen-bond donors (Lipinski definition) is 1. The summed E-state index contributed by atoms with van der Waals surface area (Å²) in [7, 11) is 0. The molecule has 0 saturated carbocycles. The number of anilines is 1. The molecule has 0 atom stereocenters. The lowest BCUT2D eigenvalue weighted by Gasteiger charge is -2.37. The van der Waals surface area contributed by atoms with Crippen molar-refractivity contribution in [2.45, 2.75) is 6.92 Å². The van der Waals surface area contributed by atoms with E-state index in [0.29, 0.717) is 30.3 Å². The van der Waals surface area contributed by atoms with Gasteiger partial charge in [0.2, 0.25) is 18.6 Å². The Morgan fingerprint density at radius 2 is 2.00 bits per heavy atom. The molecule has 1 fully saturated rings. The predicted octanol–water partition coefficient (Wildman–Crippen LogP) is 0.832. The zero-order chi connectivity index (χ0) is 13.4. The van der Waals surface area contributed by atoms with Crippen LogP contribution in [0.1, 0.15) is 6.92 Å². The van der Waals surface area contributed by atoms with Crippen molar-refractivity contribution in [2.75, 3.05) is 25.2 Å². The maximum absolute atomic E-state index is 11.9. The molecule has 2 amide bonds. The standard InChI is InChI=1S/C13H14N2O4/c1-8(16)15-5-9(6-15)13(17)14-10-2-3-11-12(4-10)19-7-18-11/h2-4,9H,5-7H2,1H3,(H,14,17). The third-order valence-corrected chi connectivity index (χ3v) is 3.34. The summed E-state index contributed by atoms with van der Waals surface area (Å²) < 4.78 is 10.4. The highest BCUT2D eigenvalue weighted by Gasteiger charge is 2.34. The summed E-state index contributed by atoms with van der Waals surface area (Å²) in [6.07, 6.45) is 0. The fourth-order valence-corrected chi connectivity index (χ4v) is 2.12. The second kappa shape index (κ2) is 4.46. The third-order valence-electron chi connectivity index (χ3n) is 3.34. The Hall–Kier alpha value is -2.24. The number of likely N-dealkylation sites (tertiary alicyclic amines) is 1. The topological polar surface area (TPSA) is 67.9 Å². The monoisotopic (exact) mass is 262 g/mol. The van der Waals surface area contributed by atoms with Crippen molar-refractivity contribution in [2.24, 2.45) is 5.92 Å². The van der Waals surface area contributed by atoms with Gasteiger partial charge in [-0.1, -0.05) is 0 Å². The Morgan fingerprint density at radius 3 is 2.74 bits per heavy atom. The molecule has 6 nitrogen and oxygen atoms in total. The maximum Gasteiger partial charge on any atom is 0.231 e. The second-order valence-electron chi connectivity index (χ2n) is 4.68. The molecule has 19 heavy (non-hydrogen) atoms. The SMILES string of the molecule is CC(=O)N1CC(C(=O)Nc2ccc3c(c2)OCO3)C1. The normalized spacial score (nSPS) is 17.0. The summed E-state index contributed by atoms with van der Waals surface area (Å²) in [5, 5.41) is 2.82. The van der Waals surface area contributed by atoms with Gasteiger partial charge in [-0.3, -0.25) is 9.59 Å². The Balaban J connectivity index is 1.60. The zero-order valence-electron chi connectivity index (χ0n) is 10.5. The van der Waals surface area contributed by atoms with Gasteiger partial charge in [0.05, 0.1) is 5.92 Å². The lowest BCUT2D eigenvalue weighted by atomic mass is 9.99. The third kappa shape index (κ3) is 2.21. The average Bonchev–Trinajstić information content (AvgIpc) is 2.73. The quantitative estimate of drug-likeness (QED) is 0.857. The minimum absolute atomic E-state index is 0.00660. The van der Waals surface area contributed by atoms with Crippen LogP contribution >= 0.6 is 0 Å². The molecule has 0 unspecified atom stereocenters. The zero-order valence-corrected chi connectivity index (χ0v) is 10.5. The Morgan fingerprint density at radius 1 is 1.26 bits per heavy atom.